The second kappa shape index (κ2) is 5.35. The monoisotopic (exact) mass is 250 g/mol. The van der Waals surface area contributed by atoms with E-state index in [0.717, 1.165) is 37.3 Å². The average Bonchev–Trinajstić information content (AvgIpc) is 2.33. The van der Waals surface area contributed by atoms with Crippen LogP contribution in [0.5, 0.6) is 0 Å². The molecule has 1 saturated heterocycles. The summed E-state index contributed by atoms with van der Waals surface area (Å²) in [5.74, 6) is 0. The van der Waals surface area contributed by atoms with E-state index in [0.29, 0.717) is 11.6 Å². The Morgan fingerprint density at radius 3 is 2.56 bits per heavy atom. The molecule has 0 aliphatic carbocycles. The molecule has 18 heavy (non-hydrogen) atoms. The Morgan fingerprint density at radius 2 is 1.94 bits per heavy atom. The van der Waals surface area contributed by atoms with Gasteiger partial charge in [0.15, 0.2) is 0 Å². The summed E-state index contributed by atoms with van der Waals surface area (Å²) >= 11 is 0. The highest BCUT2D eigenvalue weighted by Crippen LogP contribution is 2.27. The lowest BCUT2D eigenvalue weighted by molar-refractivity contribution is -0.385. The molecule has 1 aliphatic rings. The fraction of sp³-hybridized carbons (Fsp3) is 0.538. The molecule has 0 unspecified atom stereocenters. The Morgan fingerprint density at radius 1 is 1.28 bits per heavy atom. The van der Waals surface area contributed by atoms with Crippen LogP contribution in [0.2, 0.25) is 0 Å². The van der Waals surface area contributed by atoms with Gasteiger partial charge in [-0.3, -0.25) is 10.1 Å². The van der Waals surface area contributed by atoms with Crippen LogP contribution in [0.25, 0.3) is 0 Å². The lowest BCUT2D eigenvalue weighted by Gasteiger charge is -2.25. The molecule has 1 aliphatic heterocycles. The fourth-order valence-electron chi connectivity index (χ4n) is 2.25. The van der Waals surface area contributed by atoms with Crippen LogP contribution in [0.4, 0.5) is 11.4 Å². The van der Waals surface area contributed by atoms with Gasteiger partial charge in [0.05, 0.1) is 4.92 Å². The third-order valence-electron chi connectivity index (χ3n) is 3.32. The van der Waals surface area contributed by atoms with Crippen molar-refractivity contribution in [1.29, 1.82) is 0 Å². The quantitative estimate of drug-likeness (QED) is 0.661. The lowest BCUT2D eigenvalue weighted by atomic mass is 10.1. The van der Waals surface area contributed by atoms with Crippen LogP contribution < -0.4 is 5.32 Å². The largest absolute Gasteiger partial charge is 0.382 e. The van der Waals surface area contributed by atoms with Crippen molar-refractivity contribution in [3.05, 3.63) is 33.4 Å². The molecule has 1 aromatic carbocycles. The molecule has 1 heterocycles. The van der Waals surface area contributed by atoms with E-state index in [1.165, 1.54) is 0 Å². The van der Waals surface area contributed by atoms with Crippen LogP contribution in [-0.2, 0) is 4.74 Å². The van der Waals surface area contributed by atoms with Crippen LogP contribution in [-0.4, -0.2) is 24.2 Å². The Bertz CT molecular complexity index is 454. The molecule has 1 fully saturated rings. The maximum absolute atomic E-state index is 10.9. The first kappa shape index (κ1) is 12.8. The summed E-state index contributed by atoms with van der Waals surface area (Å²) in [6.45, 7) is 5.25. The van der Waals surface area contributed by atoms with Crippen molar-refractivity contribution in [2.75, 3.05) is 18.5 Å². The topological polar surface area (TPSA) is 64.4 Å². The Balaban J connectivity index is 2.21. The minimum absolute atomic E-state index is 0.176. The van der Waals surface area contributed by atoms with Gasteiger partial charge >= 0.3 is 0 Å². The number of nitro benzene ring substituents is 1. The van der Waals surface area contributed by atoms with Gasteiger partial charge in [0.1, 0.15) is 0 Å². The molecule has 98 valence electrons. The average molecular weight is 250 g/mol. The second-order valence-corrected chi connectivity index (χ2v) is 4.74. The number of nitro groups is 1. The van der Waals surface area contributed by atoms with Crippen LogP contribution in [0.3, 0.4) is 0 Å². The van der Waals surface area contributed by atoms with Gasteiger partial charge in [-0.1, -0.05) is 0 Å². The summed E-state index contributed by atoms with van der Waals surface area (Å²) in [6.07, 6.45) is 1.89. The number of hydrogen-bond acceptors (Lipinski definition) is 4. The van der Waals surface area contributed by atoms with Crippen LogP contribution >= 0.6 is 0 Å². The van der Waals surface area contributed by atoms with Crippen molar-refractivity contribution in [2.24, 2.45) is 0 Å². The zero-order valence-electron chi connectivity index (χ0n) is 10.7. The Labute approximate surface area is 106 Å². The van der Waals surface area contributed by atoms with Gasteiger partial charge in [0, 0.05) is 36.6 Å². The fourth-order valence-corrected chi connectivity index (χ4v) is 2.25. The number of anilines is 1. The van der Waals surface area contributed by atoms with Crippen LogP contribution in [0.1, 0.15) is 24.0 Å². The molecule has 0 amide bonds. The summed E-state index contributed by atoms with van der Waals surface area (Å²) in [5, 5.41) is 14.3. The highest BCUT2D eigenvalue weighted by molar-refractivity contribution is 5.60. The minimum atomic E-state index is -0.329. The zero-order chi connectivity index (χ0) is 13.1. The molecule has 1 N–H and O–H groups in total. The van der Waals surface area contributed by atoms with Crippen molar-refractivity contribution in [3.63, 3.8) is 0 Å². The van der Waals surface area contributed by atoms with E-state index in [9.17, 15) is 10.1 Å². The molecular formula is C13H18N2O3. The van der Waals surface area contributed by atoms with Gasteiger partial charge in [-0.05, 0) is 38.3 Å². The van der Waals surface area contributed by atoms with Crippen molar-refractivity contribution in [2.45, 2.75) is 32.7 Å². The van der Waals surface area contributed by atoms with Gasteiger partial charge in [-0.2, -0.15) is 0 Å². The molecule has 0 saturated carbocycles. The maximum Gasteiger partial charge on any atom is 0.274 e. The smallest absolute Gasteiger partial charge is 0.274 e. The zero-order valence-corrected chi connectivity index (χ0v) is 10.7. The predicted octanol–water partition coefficient (Wildman–Crippen LogP) is 2.80. The highest BCUT2D eigenvalue weighted by atomic mass is 16.6. The van der Waals surface area contributed by atoms with Gasteiger partial charge < -0.3 is 10.1 Å². The third kappa shape index (κ3) is 2.79. The normalized spacial score (nSPS) is 16.6. The summed E-state index contributed by atoms with van der Waals surface area (Å²) in [4.78, 5) is 10.6. The van der Waals surface area contributed by atoms with Crippen LogP contribution in [0.15, 0.2) is 12.1 Å². The van der Waals surface area contributed by atoms with Gasteiger partial charge in [-0.15, -0.1) is 0 Å². The van der Waals surface area contributed by atoms with E-state index in [2.05, 4.69) is 5.32 Å². The number of nitrogens with zero attached hydrogens (tertiary/aromatic N) is 1. The molecule has 0 aromatic heterocycles. The SMILES string of the molecule is Cc1cc(C)c([N+](=O)[O-])cc1NC1CCOCC1. The van der Waals surface area contributed by atoms with E-state index >= 15 is 0 Å². The molecule has 0 atom stereocenters. The first-order valence-corrected chi connectivity index (χ1v) is 6.18. The van der Waals surface area contributed by atoms with Gasteiger partial charge in [0.25, 0.3) is 5.69 Å². The number of nitrogens with one attached hydrogen (secondary N) is 1. The van der Waals surface area contributed by atoms with E-state index in [-0.39, 0.29) is 10.6 Å². The molecule has 2 rings (SSSR count). The van der Waals surface area contributed by atoms with E-state index < -0.39 is 0 Å². The molecule has 5 nitrogen and oxygen atoms in total. The summed E-state index contributed by atoms with van der Waals surface area (Å²) in [7, 11) is 0. The first-order valence-electron chi connectivity index (χ1n) is 6.18. The number of rotatable bonds is 3. The van der Waals surface area contributed by atoms with Gasteiger partial charge in [0.2, 0.25) is 0 Å². The Hall–Kier alpha value is -1.62. The number of hydrogen-bond donors (Lipinski definition) is 1. The summed E-state index contributed by atoms with van der Waals surface area (Å²) in [6, 6.07) is 3.85. The predicted molar refractivity (Wildman–Crippen MR) is 70.0 cm³/mol. The van der Waals surface area contributed by atoms with Crippen molar-refractivity contribution >= 4 is 11.4 Å². The standard InChI is InChI=1S/C13H18N2O3/c1-9-7-10(2)13(15(16)17)8-12(9)14-11-3-5-18-6-4-11/h7-8,11,14H,3-6H2,1-2H3. The summed E-state index contributed by atoms with van der Waals surface area (Å²) in [5.41, 5.74) is 2.79. The maximum atomic E-state index is 10.9. The molecule has 0 spiro atoms. The van der Waals surface area contributed by atoms with E-state index in [1.54, 1.807) is 13.0 Å². The number of aryl methyl sites for hydroxylation is 2. The van der Waals surface area contributed by atoms with Crippen molar-refractivity contribution in [3.8, 4) is 0 Å². The third-order valence-corrected chi connectivity index (χ3v) is 3.32. The molecule has 5 heteroatoms. The Kier molecular flexibility index (Phi) is 3.81. The molecule has 1 aromatic rings. The van der Waals surface area contributed by atoms with E-state index in [4.69, 9.17) is 4.74 Å². The molecular weight excluding hydrogens is 232 g/mol. The number of ether oxygens (including phenoxy) is 1. The van der Waals surface area contributed by atoms with Crippen molar-refractivity contribution < 1.29 is 9.66 Å². The van der Waals surface area contributed by atoms with Crippen molar-refractivity contribution in [1.82, 2.24) is 0 Å². The molecule has 0 bridgehead atoms. The van der Waals surface area contributed by atoms with E-state index in [1.807, 2.05) is 13.0 Å². The lowest BCUT2D eigenvalue weighted by Crippen LogP contribution is -2.28. The summed E-state index contributed by atoms with van der Waals surface area (Å²) < 4.78 is 5.30. The van der Waals surface area contributed by atoms with Gasteiger partial charge in [-0.25, -0.2) is 0 Å². The number of benzene rings is 1. The highest BCUT2D eigenvalue weighted by Gasteiger charge is 2.17. The minimum Gasteiger partial charge on any atom is -0.382 e. The van der Waals surface area contributed by atoms with Crippen LogP contribution in [0, 0.1) is 24.0 Å². The molecule has 0 radical (unpaired) electrons. The first-order chi connectivity index (χ1) is 8.58. The second-order valence-electron chi connectivity index (χ2n) is 4.74.